The summed E-state index contributed by atoms with van der Waals surface area (Å²) < 4.78 is 37.9. The Hall–Kier alpha value is -3.71. The maximum absolute atomic E-state index is 13.6. The minimum absolute atomic E-state index is 0.0473. The molecule has 1 unspecified atom stereocenters. The zero-order valence-electron chi connectivity index (χ0n) is 25.0. The molecule has 0 aliphatic heterocycles. The third-order valence-electron chi connectivity index (χ3n) is 5.40. The van der Waals surface area contributed by atoms with Crippen molar-refractivity contribution in [1.29, 1.82) is 0 Å². The quantitative estimate of drug-likeness (QED) is 0.195. The van der Waals surface area contributed by atoms with E-state index in [1.165, 1.54) is 19.2 Å². The zero-order valence-corrected chi connectivity index (χ0v) is 25.0. The Morgan fingerprint density at radius 2 is 1.49 bits per heavy atom. The van der Waals surface area contributed by atoms with Gasteiger partial charge in [0.25, 0.3) is 0 Å². The molecule has 0 N–H and O–H groups in total. The number of benzene rings is 1. The Morgan fingerprint density at radius 3 is 2.02 bits per heavy atom. The topological polar surface area (TPSA) is 147 Å². The van der Waals surface area contributed by atoms with Gasteiger partial charge in [-0.05, 0) is 52.8 Å². The van der Waals surface area contributed by atoms with Crippen molar-refractivity contribution in [2.75, 3.05) is 40.1 Å². The molecule has 13 nitrogen and oxygen atoms in total. The van der Waals surface area contributed by atoms with Crippen LogP contribution in [0.5, 0.6) is 11.5 Å². The normalized spacial score (nSPS) is 12.0. The summed E-state index contributed by atoms with van der Waals surface area (Å²) in [7, 11) is 1.49. The van der Waals surface area contributed by atoms with Gasteiger partial charge in [0.1, 0.15) is 0 Å². The van der Waals surface area contributed by atoms with Crippen molar-refractivity contribution in [3.8, 4) is 11.5 Å². The highest BCUT2D eigenvalue weighted by molar-refractivity contribution is 6.12. The first-order valence-corrected chi connectivity index (χ1v) is 13.6. The van der Waals surface area contributed by atoms with Crippen LogP contribution >= 0.6 is 0 Å². The van der Waals surface area contributed by atoms with E-state index in [0.29, 0.717) is 24.7 Å². The second kappa shape index (κ2) is 16.5. The highest BCUT2D eigenvalue weighted by Gasteiger charge is 2.32. The summed E-state index contributed by atoms with van der Waals surface area (Å²) in [6.07, 6.45) is -3.02. The lowest BCUT2D eigenvalue weighted by Crippen LogP contribution is -2.32. The Bertz CT molecular complexity index is 1140. The number of ether oxygens (including phenoxy) is 7. The first-order valence-electron chi connectivity index (χ1n) is 13.6. The van der Waals surface area contributed by atoms with Gasteiger partial charge in [-0.25, -0.2) is 9.59 Å². The average Bonchev–Trinajstić information content (AvgIpc) is 3.37. The van der Waals surface area contributed by atoms with Gasteiger partial charge in [-0.15, -0.1) is 15.0 Å². The zero-order chi connectivity index (χ0) is 30.5. The number of ketones is 1. The SMILES string of the molecule is CCOCC(COCC)OC(=O)OC(C(C)C)n1nc(C(=O)OCC)c(C(=O)c2ccc(OC)c(OC(C)C)c2)n1. The molecule has 0 fully saturated rings. The third kappa shape index (κ3) is 9.71. The summed E-state index contributed by atoms with van der Waals surface area (Å²) in [5.74, 6) is -1.07. The molecule has 41 heavy (non-hydrogen) atoms. The van der Waals surface area contributed by atoms with Gasteiger partial charge in [0.05, 0.1) is 33.0 Å². The third-order valence-corrected chi connectivity index (χ3v) is 5.40. The van der Waals surface area contributed by atoms with Gasteiger partial charge in [0.2, 0.25) is 17.7 Å². The van der Waals surface area contributed by atoms with Crippen LogP contribution in [0.2, 0.25) is 0 Å². The molecule has 1 atom stereocenters. The summed E-state index contributed by atoms with van der Waals surface area (Å²) >= 11 is 0. The maximum Gasteiger partial charge on any atom is 0.510 e. The van der Waals surface area contributed by atoms with Crippen molar-refractivity contribution in [3.63, 3.8) is 0 Å². The Balaban J connectivity index is 2.43. The van der Waals surface area contributed by atoms with Crippen molar-refractivity contribution in [3.05, 3.63) is 35.2 Å². The molecule has 1 aromatic heterocycles. The first kappa shape index (κ1) is 33.5. The lowest BCUT2D eigenvalue weighted by molar-refractivity contribution is -0.0812. The fraction of sp³-hybridized carbons (Fsp3) is 0.607. The predicted octanol–water partition coefficient (Wildman–Crippen LogP) is 4.23. The van der Waals surface area contributed by atoms with Gasteiger partial charge in [-0.2, -0.15) is 0 Å². The molecular weight excluding hydrogens is 538 g/mol. The summed E-state index contributed by atoms with van der Waals surface area (Å²) in [5, 5.41) is 8.48. The van der Waals surface area contributed by atoms with Gasteiger partial charge in [0, 0.05) is 24.7 Å². The fourth-order valence-corrected chi connectivity index (χ4v) is 3.55. The second-order valence-electron chi connectivity index (χ2n) is 9.36. The lowest BCUT2D eigenvalue weighted by Gasteiger charge is -2.22. The standard InChI is InChI=1S/C28H41N3O10/c1-9-36-15-20(16-37-10-2)40-28(34)41-26(17(4)5)31-29-23(24(30-31)27(33)38-11-3)25(32)19-12-13-21(35-8)22(14-19)39-18(6)7/h12-14,17-18,20,26H,9-11,15-16H2,1-8H3. The molecule has 0 radical (unpaired) electrons. The molecule has 0 spiro atoms. The predicted molar refractivity (Wildman–Crippen MR) is 146 cm³/mol. The van der Waals surface area contributed by atoms with Crippen LogP contribution in [0.4, 0.5) is 4.79 Å². The highest BCUT2D eigenvalue weighted by Crippen LogP contribution is 2.30. The summed E-state index contributed by atoms with van der Waals surface area (Å²) in [6.45, 7) is 13.6. The fourth-order valence-electron chi connectivity index (χ4n) is 3.55. The van der Waals surface area contributed by atoms with Crippen LogP contribution < -0.4 is 9.47 Å². The first-order chi connectivity index (χ1) is 19.6. The molecule has 1 aromatic carbocycles. The number of rotatable bonds is 17. The van der Waals surface area contributed by atoms with Crippen LogP contribution in [0.25, 0.3) is 0 Å². The van der Waals surface area contributed by atoms with Crippen molar-refractivity contribution < 1.29 is 47.5 Å². The van der Waals surface area contributed by atoms with Crippen molar-refractivity contribution in [1.82, 2.24) is 15.0 Å². The number of carbonyl (C=O) groups excluding carboxylic acids is 3. The Morgan fingerprint density at radius 1 is 0.854 bits per heavy atom. The molecule has 13 heteroatoms. The van der Waals surface area contributed by atoms with Crippen LogP contribution in [0.15, 0.2) is 18.2 Å². The van der Waals surface area contributed by atoms with E-state index in [1.54, 1.807) is 26.8 Å². The van der Waals surface area contributed by atoms with E-state index in [0.717, 1.165) is 4.80 Å². The smallest absolute Gasteiger partial charge is 0.493 e. The number of hydrogen-bond donors (Lipinski definition) is 0. The molecule has 0 aliphatic carbocycles. The number of esters is 1. The molecule has 0 saturated heterocycles. The van der Waals surface area contributed by atoms with Crippen molar-refractivity contribution >= 4 is 17.9 Å². The number of aromatic nitrogens is 3. The molecule has 2 rings (SSSR count). The number of nitrogens with zero attached hydrogens (tertiary/aromatic N) is 3. The van der Waals surface area contributed by atoms with E-state index < -0.39 is 30.2 Å². The van der Waals surface area contributed by atoms with E-state index >= 15 is 0 Å². The summed E-state index contributed by atoms with van der Waals surface area (Å²) in [6, 6.07) is 4.60. The van der Waals surface area contributed by atoms with Crippen LogP contribution in [-0.4, -0.2) is 85.3 Å². The summed E-state index contributed by atoms with van der Waals surface area (Å²) in [4.78, 5) is 40.1. The van der Waals surface area contributed by atoms with Crippen LogP contribution in [0.1, 0.15) is 81.2 Å². The van der Waals surface area contributed by atoms with Crippen LogP contribution in [-0.2, 0) is 23.7 Å². The average molecular weight is 580 g/mol. The Labute approximate surface area is 240 Å². The van der Waals surface area contributed by atoms with Gasteiger partial charge in [-0.1, -0.05) is 13.8 Å². The maximum atomic E-state index is 13.6. The molecular formula is C28H41N3O10. The Kier molecular flexibility index (Phi) is 13.5. The number of methoxy groups -OCH3 is 1. The largest absolute Gasteiger partial charge is 0.510 e. The van der Waals surface area contributed by atoms with Gasteiger partial charge < -0.3 is 33.2 Å². The van der Waals surface area contributed by atoms with E-state index in [2.05, 4.69) is 10.2 Å². The molecule has 0 amide bonds. The number of carbonyl (C=O) groups is 3. The highest BCUT2D eigenvalue weighted by atomic mass is 16.7. The van der Waals surface area contributed by atoms with Crippen molar-refractivity contribution in [2.45, 2.75) is 66.9 Å². The molecule has 0 saturated carbocycles. The van der Waals surface area contributed by atoms with E-state index in [9.17, 15) is 14.4 Å². The minimum atomic E-state index is -1.12. The minimum Gasteiger partial charge on any atom is -0.493 e. The van der Waals surface area contributed by atoms with E-state index in [1.807, 2.05) is 27.7 Å². The number of hydrogen-bond acceptors (Lipinski definition) is 12. The van der Waals surface area contributed by atoms with Crippen molar-refractivity contribution in [2.24, 2.45) is 5.92 Å². The molecule has 228 valence electrons. The molecule has 0 bridgehead atoms. The molecule has 0 aliphatic rings. The van der Waals surface area contributed by atoms with Gasteiger partial charge in [-0.3, -0.25) is 4.79 Å². The molecule has 1 heterocycles. The van der Waals surface area contributed by atoms with Gasteiger partial charge in [0.15, 0.2) is 23.3 Å². The summed E-state index contributed by atoms with van der Waals surface area (Å²) in [5.41, 5.74) is -0.431. The van der Waals surface area contributed by atoms with Gasteiger partial charge >= 0.3 is 12.1 Å². The monoisotopic (exact) mass is 579 g/mol. The van der Waals surface area contributed by atoms with Crippen LogP contribution in [0, 0.1) is 5.92 Å². The second-order valence-corrected chi connectivity index (χ2v) is 9.36. The lowest BCUT2D eigenvalue weighted by atomic mass is 10.1. The van der Waals surface area contributed by atoms with Crippen LogP contribution in [0.3, 0.4) is 0 Å². The van der Waals surface area contributed by atoms with E-state index in [4.69, 9.17) is 33.2 Å². The molecule has 2 aromatic rings. The van der Waals surface area contributed by atoms with E-state index in [-0.39, 0.29) is 48.8 Å².